The molecule has 2 aromatic heterocycles. The first kappa shape index (κ1) is 17.9. The fourth-order valence-electron chi connectivity index (χ4n) is 3.38. The topological polar surface area (TPSA) is 79.0 Å². The number of amides is 1. The van der Waals surface area contributed by atoms with Crippen molar-refractivity contribution >= 4 is 27.5 Å². The maximum atomic E-state index is 13.1. The zero-order valence-corrected chi connectivity index (χ0v) is 16.5. The molecule has 3 aromatic rings. The van der Waals surface area contributed by atoms with E-state index in [1.807, 2.05) is 45.0 Å². The van der Waals surface area contributed by atoms with Crippen LogP contribution in [0.2, 0.25) is 0 Å². The van der Waals surface area contributed by atoms with Crippen LogP contribution in [0.5, 0.6) is 0 Å². The number of H-pyrrole nitrogens is 1. The van der Waals surface area contributed by atoms with Crippen molar-refractivity contribution < 1.29 is 4.79 Å². The van der Waals surface area contributed by atoms with Crippen LogP contribution in [0, 0.1) is 0 Å². The van der Waals surface area contributed by atoms with Crippen LogP contribution in [0.3, 0.4) is 0 Å². The smallest absolute Gasteiger partial charge is 0.263 e. The third-order valence-electron chi connectivity index (χ3n) is 4.85. The Labute approximate surface area is 161 Å². The molecule has 1 fully saturated rings. The summed E-state index contributed by atoms with van der Waals surface area (Å²) in [6.45, 7) is 6.53. The molecule has 0 bridgehead atoms. The summed E-state index contributed by atoms with van der Waals surface area (Å²) >= 11 is 1.61. The minimum Gasteiger partial charge on any atom is -0.329 e. The molecule has 27 heavy (non-hydrogen) atoms. The average Bonchev–Trinajstić information content (AvgIpc) is 3.26. The highest BCUT2D eigenvalue weighted by Crippen LogP contribution is 2.37. The van der Waals surface area contributed by atoms with Crippen molar-refractivity contribution in [2.75, 3.05) is 6.54 Å². The molecule has 1 aliphatic heterocycles. The van der Waals surface area contributed by atoms with Gasteiger partial charge in [0.1, 0.15) is 16.4 Å². The van der Waals surface area contributed by atoms with Gasteiger partial charge in [0.15, 0.2) is 0 Å². The summed E-state index contributed by atoms with van der Waals surface area (Å²) in [6, 6.07) is 7.89. The first-order chi connectivity index (χ1) is 12.8. The molecule has 0 aliphatic carbocycles. The number of aromatic amines is 1. The standard InChI is InChI=1S/C20H22N4O2S/c1-20(2,3)19-21-11-12(16(25)23-19)18(26)24-10-6-8-14(24)17-22-13-7-4-5-9-15(13)27-17/h4-5,7,9,11,14H,6,8,10H2,1-3H3,(H,21,23,25)/t14-/m1/s1. The van der Waals surface area contributed by atoms with Crippen molar-refractivity contribution in [3.8, 4) is 0 Å². The average molecular weight is 382 g/mol. The van der Waals surface area contributed by atoms with Gasteiger partial charge in [-0.2, -0.15) is 0 Å². The summed E-state index contributed by atoms with van der Waals surface area (Å²) in [5.74, 6) is 0.305. The third-order valence-corrected chi connectivity index (χ3v) is 5.99. The number of thiazole rings is 1. The molecule has 1 aromatic carbocycles. The van der Waals surface area contributed by atoms with E-state index in [0.29, 0.717) is 12.4 Å². The molecule has 0 saturated carbocycles. The molecule has 4 rings (SSSR count). The monoisotopic (exact) mass is 382 g/mol. The number of nitrogens with one attached hydrogen (secondary N) is 1. The molecule has 0 spiro atoms. The van der Waals surface area contributed by atoms with Crippen LogP contribution in [-0.2, 0) is 5.41 Å². The molecule has 3 heterocycles. The number of fused-ring (bicyclic) bond motifs is 1. The van der Waals surface area contributed by atoms with Crippen molar-refractivity contribution in [3.63, 3.8) is 0 Å². The lowest BCUT2D eigenvalue weighted by Gasteiger charge is -2.23. The molecule has 1 atom stereocenters. The molecular formula is C20H22N4O2S. The second-order valence-electron chi connectivity index (χ2n) is 7.90. The van der Waals surface area contributed by atoms with Gasteiger partial charge in [-0.15, -0.1) is 11.3 Å². The zero-order chi connectivity index (χ0) is 19.2. The lowest BCUT2D eigenvalue weighted by molar-refractivity contribution is 0.0733. The number of aromatic nitrogens is 3. The van der Waals surface area contributed by atoms with Crippen LogP contribution in [0.4, 0.5) is 0 Å². The minimum atomic E-state index is -0.380. The molecule has 1 saturated heterocycles. The fourth-order valence-corrected chi connectivity index (χ4v) is 4.50. The maximum Gasteiger partial charge on any atom is 0.263 e. The highest BCUT2D eigenvalue weighted by molar-refractivity contribution is 7.18. The quantitative estimate of drug-likeness (QED) is 0.734. The molecule has 0 radical (unpaired) electrons. The summed E-state index contributed by atoms with van der Waals surface area (Å²) in [6.07, 6.45) is 3.17. The minimum absolute atomic E-state index is 0.0865. The van der Waals surface area contributed by atoms with Gasteiger partial charge in [0.2, 0.25) is 0 Å². The normalized spacial score (nSPS) is 17.6. The van der Waals surface area contributed by atoms with E-state index in [2.05, 4.69) is 9.97 Å². The Morgan fingerprint density at radius 1 is 1.30 bits per heavy atom. The Morgan fingerprint density at radius 2 is 2.07 bits per heavy atom. The molecule has 6 nitrogen and oxygen atoms in total. The van der Waals surface area contributed by atoms with E-state index in [-0.39, 0.29) is 28.5 Å². The summed E-state index contributed by atoms with van der Waals surface area (Å²) in [4.78, 5) is 39.1. The Kier molecular flexibility index (Phi) is 4.34. The third kappa shape index (κ3) is 3.27. The van der Waals surface area contributed by atoms with Gasteiger partial charge in [0.05, 0.1) is 16.3 Å². The lowest BCUT2D eigenvalue weighted by atomic mass is 9.96. The van der Waals surface area contributed by atoms with Crippen molar-refractivity contribution in [2.24, 2.45) is 0 Å². The Hall–Kier alpha value is -2.54. The first-order valence-corrected chi connectivity index (χ1v) is 9.92. The lowest BCUT2D eigenvalue weighted by Crippen LogP contribution is -2.35. The van der Waals surface area contributed by atoms with Gasteiger partial charge >= 0.3 is 0 Å². The van der Waals surface area contributed by atoms with Crippen LogP contribution >= 0.6 is 11.3 Å². The van der Waals surface area contributed by atoms with Gasteiger partial charge in [0.25, 0.3) is 11.5 Å². The second-order valence-corrected chi connectivity index (χ2v) is 8.96. The molecule has 1 amide bonds. The van der Waals surface area contributed by atoms with Crippen LogP contribution in [-0.4, -0.2) is 32.3 Å². The van der Waals surface area contributed by atoms with Crippen molar-refractivity contribution in [1.29, 1.82) is 0 Å². The van der Waals surface area contributed by atoms with E-state index in [0.717, 1.165) is 28.1 Å². The predicted octanol–water partition coefficient (Wildman–Crippen LogP) is 3.65. The van der Waals surface area contributed by atoms with Gasteiger partial charge in [0, 0.05) is 18.2 Å². The number of rotatable bonds is 2. The van der Waals surface area contributed by atoms with Gasteiger partial charge in [-0.1, -0.05) is 32.9 Å². The number of carbonyl (C=O) groups is 1. The number of para-hydroxylation sites is 1. The first-order valence-electron chi connectivity index (χ1n) is 9.11. The molecular weight excluding hydrogens is 360 g/mol. The van der Waals surface area contributed by atoms with E-state index in [9.17, 15) is 9.59 Å². The molecule has 1 N–H and O–H groups in total. The summed E-state index contributed by atoms with van der Waals surface area (Å²) in [5, 5.41) is 0.928. The highest BCUT2D eigenvalue weighted by Gasteiger charge is 2.34. The summed E-state index contributed by atoms with van der Waals surface area (Å²) in [5.41, 5.74) is 0.384. The number of likely N-dealkylation sites (tertiary alicyclic amines) is 1. The summed E-state index contributed by atoms with van der Waals surface area (Å²) in [7, 11) is 0. The van der Waals surface area contributed by atoms with E-state index in [4.69, 9.17) is 4.98 Å². The fraction of sp³-hybridized carbons (Fsp3) is 0.400. The second kappa shape index (κ2) is 6.56. The predicted molar refractivity (Wildman–Crippen MR) is 106 cm³/mol. The van der Waals surface area contributed by atoms with Gasteiger partial charge < -0.3 is 9.88 Å². The number of nitrogens with zero attached hydrogens (tertiary/aromatic N) is 3. The largest absolute Gasteiger partial charge is 0.329 e. The Bertz CT molecular complexity index is 1030. The van der Waals surface area contributed by atoms with Crippen LogP contribution in [0.1, 0.15) is 60.8 Å². The Balaban J connectivity index is 1.66. The maximum absolute atomic E-state index is 13.1. The number of hydrogen-bond donors (Lipinski definition) is 1. The van der Waals surface area contributed by atoms with E-state index in [1.54, 1.807) is 16.2 Å². The van der Waals surface area contributed by atoms with Crippen LogP contribution in [0.25, 0.3) is 10.2 Å². The van der Waals surface area contributed by atoms with Crippen molar-refractivity contribution in [2.45, 2.75) is 45.1 Å². The molecule has 0 unspecified atom stereocenters. The van der Waals surface area contributed by atoms with Crippen LogP contribution < -0.4 is 5.56 Å². The van der Waals surface area contributed by atoms with Crippen molar-refractivity contribution in [1.82, 2.24) is 19.9 Å². The van der Waals surface area contributed by atoms with Gasteiger partial charge in [-0.25, -0.2) is 9.97 Å². The van der Waals surface area contributed by atoms with Gasteiger partial charge in [-0.05, 0) is 25.0 Å². The van der Waals surface area contributed by atoms with E-state index >= 15 is 0 Å². The van der Waals surface area contributed by atoms with E-state index in [1.165, 1.54) is 6.20 Å². The van der Waals surface area contributed by atoms with E-state index < -0.39 is 0 Å². The highest BCUT2D eigenvalue weighted by atomic mass is 32.1. The van der Waals surface area contributed by atoms with Gasteiger partial charge in [-0.3, -0.25) is 9.59 Å². The Morgan fingerprint density at radius 3 is 2.78 bits per heavy atom. The SMILES string of the molecule is CC(C)(C)c1ncc(C(=O)N2CCC[C@@H]2c2nc3ccccc3s2)c(=O)[nH]1. The zero-order valence-electron chi connectivity index (χ0n) is 15.7. The van der Waals surface area contributed by atoms with Crippen LogP contribution in [0.15, 0.2) is 35.3 Å². The molecule has 7 heteroatoms. The number of carbonyl (C=O) groups excluding carboxylic acids is 1. The molecule has 1 aliphatic rings. The van der Waals surface area contributed by atoms with Crippen molar-refractivity contribution in [3.05, 3.63) is 57.2 Å². The number of hydrogen-bond acceptors (Lipinski definition) is 5. The molecule has 140 valence electrons. The number of benzene rings is 1. The summed E-state index contributed by atoms with van der Waals surface area (Å²) < 4.78 is 1.11.